The molecule has 0 aliphatic heterocycles. The van der Waals surface area contributed by atoms with Crippen LogP contribution in [0.5, 0.6) is 0 Å². The minimum Gasteiger partial charge on any atom is -0.340 e. The zero-order chi connectivity index (χ0) is 5.98. The Labute approximate surface area is 80.5 Å². The van der Waals surface area contributed by atoms with Crippen LogP contribution in [-0.4, -0.2) is 9.55 Å². The van der Waals surface area contributed by atoms with Gasteiger partial charge in [-0.3, -0.25) is 0 Å². The Bertz CT molecular complexity index is 171. The van der Waals surface area contributed by atoms with Gasteiger partial charge in [0.1, 0.15) is 0 Å². The number of nitrogens with zero attached hydrogens (tertiary/aromatic N) is 2. The Balaban J connectivity index is 0.000000640. The van der Waals surface area contributed by atoms with Crippen molar-refractivity contribution < 1.29 is 32.7 Å². The van der Waals surface area contributed by atoms with Gasteiger partial charge in [0, 0.05) is 52.2 Å². The average molecular weight is 198 g/mol. The zero-order valence-electron chi connectivity index (χ0n) is 5.54. The van der Waals surface area contributed by atoms with E-state index in [1.54, 1.807) is 6.20 Å². The number of hydrogen-bond acceptors (Lipinski definition) is 1. The molecule has 47 valence electrons. The smallest absolute Gasteiger partial charge is 0.0777 e. The van der Waals surface area contributed by atoms with Gasteiger partial charge in [-0.1, -0.05) is 0 Å². The molecule has 2 nitrogen and oxygen atoms in total. The van der Waals surface area contributed by atoms with Gasteiger partial charge in [0.05, 0.1) is 5.82 Å². The predicted molar refractivity (Wildman–Crippen MR) is 32.3 cm³/mol. The van der Waals surface area contributed by atoms with E-state index in [1.807, 2.05) is 17.8 Å². The molecule has 0 unspecified atom stereocenters. The van der Waals surface area contributed by atoms with Crippen LogP contribution in [0.3, 0.4) is 0 Å². The molecule has 0 aliphatic carbocycles. The molecule has 1 radical (unpaired) electrons. The second kappa shape index (κ2) is 4.18. The summed E-state index contributed by atoms with van der Waals surface area (Å²) in [5.74, 6) is 1.03. The molecular weight excluding hydrogens is 189 g/mol. The molecule has 0 saturated carbocycles. The zero-order valence-corrected chi connectivity index (χ0v) is 8.38. The van der Waals surface area contributed by atoms with E-state index < -0.39 is 0 Å². The summed E-state index contributed by atoms with van der Waals surface area (Å²) in [5.41, 5.74) is 0. The molecule has 0 bridgehead atoms. The largest absolute Gasteiger partial charge is 0.340 e. The van der Waals surface area contributed by atoms with E-state index in [0.717, 1.165) is 12.2 Å². The van der Waals surface area contributed by atoms with Gasteiger partial charge in [0.2, 0.25) is 0 Å². The van der Waals surface area contributed by atoms with E-state index in [9.17, 15) is 0 Å². The Morgan fingerprint density at radius 2 is 2.44 bits per heavy atom. The third kappa shape index (κ3) is 2.19. The van der Waals surface area contributed by atoms with Crippen molar-refractivity contribution in [3.8, 4) is 0 Å². The van der Waals surface area contributed by atoms with Crippen LogP contribution in [-0.2, 0) is 46.2 Å². The Hall–Kier alpha value is 0.314. The Morgan fingerprint density at radius 3 is 2.67 bits per heavy atom. The first-order valence-corrected chi connectivity index (χ1v) is 2.60. The van der Waals surface area contributed by atoms with E-state index in [1.165, 1.54) is 0 Å². The van der Waals surface area contributed by atoms with Crippen molar-refractivity contribution in [3.63, 3.8) is 0 Å². The van der Waals surface area contributed by atoms with E-state index in [0.29, 0.717) is 0 Å². The van der Waals surface area contributed by atoms with Gasteiger partial charge < -0.3 is 11.5 Å². The van der Waals surface area contributed by atoms with Gasteiger partial charge in [0.25, 0.3) is 0 Å². The van der Waals surface area contributed by atoms with E-state index in [2.05, 4.69) is 11.9 Å². The summed E-state index contributed by atoms with van der Waals surface area (Å²) in [5, 5.41) is 0. The standard InChI is InChI=1S/C6H9N2.Y/c1-3-6-7-4-5-8(6)2;/h4-5H,1,3H2,2H3;/q-1;. The van der Waals surface area contributed by atoms with Crippen LogP contribution in [0.15, 0.2) is 12.4 Å². The fourth-order valence-corrected chi connectivity index (χ4v) is 0.637. The summed E-state index contributed by atoms with van der Waals surface area (Å²) < 4.78 is 1.97. The fourth-order valence-electron chi connectivity index (χ4n) is 0.637. The summed E-state index contributed by atoms with van der Waals surface area (Å²) in [7, 11) is 1.97. The summed E-state index contributed by atoms with van der Waals surface area (Å²) in [6.45, 7) is 3.71. The number of aromatic nitrogens is 2. The van der Waals surface area contributed by atoms with Crippen LogP contribution >= 0.6 is 0 Å². The number of rotatable bonds is 1. The monoisotopic (exact) mass is 198 g/mol. The van der Waals surface area contributed by atoms with Crippen LogP contribution in [0, 0.1) is 6.92 Å². The Morgan fingerprint density at radius 1 is 1.78 bits per heavy atom. The van der Waals surface area contributed by atoms with Gasteiger partial charge in [-0.05, 0) is 0 Å². The molecule has 1 heterocycles. The van der Waals surface area contributed by atoms with Crippen LogP contribution in [0.4, 0.5) is 0 Å². The normalized spacial score (nSPS) is 8.67. The predicted octanol–water partition coefficient (Wildman–Crippen LogP) is 0.794. The maximum absolute atomic E-state index is 4.03. The third-order valence-electron chi connectivity index (χ3n) is 1.14. The maximum atomic E-state index is 4.03. The van der Waals surface area contributed by atoms with E-state index in [-0.39, 0.29) is 32.7 Å². The van der Waals surface area contributed by atoms with Gasteiger partial charge in [-0.2, -0.15) is 0 Å². The molecule has 0 aromatic carbocycles. The van der Waals surface area contributed by atoms with Crippen molar-refractivity contribution in [3.05, 3.63) is 25.1 Å². The van der Waals surface area contributed by atoms with Crippen molar-refractivity contribution in [2.45, 2.75) is 6.42 Å². The molecule has 0 fully saturated rings. The number of hydrogen-bond donors (Lipinski definition) is 0. The fraction of sp³-hybridized carbons (Fsp3) is 0.333. The summed E-state index contributed by atoms with van der Waals surface area (Å²) in [4.78, 5) is 4.03. The SMILES string of the molecule is [CH2-]Cc1nccn1C.[Y]. The number of aryl methyl sites for hydroxylation is 1. The second-order valence-corrected chi connectivity index (χ2v) is 1.70. The first-order chi connectivity index (χ1) is 3.84. The molecular formula is C6H9N2Y-. The van der Waals surface area contributed by atoms with Gasteiger partial charge in [0.15, 0.2) is 0 Å². The Kier molecular flexibility index (Phi) is 4.33. The van der Waals surface area contributed by atoms with E-state index >= 15 is 0 Å². The second-order valence-electron chi connectivity index (χ2n) is 1.70. The molecule has 0 saturated heterocycles. The topological polar surface area (TPSA) is 17.8 Å². The molecule has 9 heavy (non-hydrogen) atoms. The molecule has 1 aromatic heterocycles. The van der Waals surface area contributed by atoms with Crippen molar-refractivity contribution >= 4 is 0 Å². The summed E-state index contributed by atoms with van der Waals surface area (Å²) >= 11 is 0. The minimum atomic E-state index is 0. The molecule has 0 atom stereocenters. The number of imidazole rings is 1. The van der Waals surface area contributed by atoms with Crippen molar-refractivity contribution in [2.24, 2.45) is 7.05 Å². The van der Waals surface area contributed by atoms with Gasteiger partial charge in [-0.25, -0.2) is 4.98 Å². The first kappa shape index (κ1) is 9.31. The molecule has 0 spiro atoms. The van der Waals surface area contributed by atoms with Gasteiger partial charge >= 0.3 is 0 Å². The average Bonchev–Trinajstić information content (AvgIpc) is 2.14. The summed E-state index contributed by atoms with van der Waals surface area (Å²) in [6, 6.07) is 0. The molecule has 0 aliphatic rings. The molecule has 3 heteroatoms. The molecule has 0 amide bonds. The molecule has 1 rings (SSSR count). The van der Waals surface area contributed by atoms with Crippen LogP contribution in [0.1, 0.15) is 5.82 Å². The quantitative estimate of drug-likeness (QED) is 0.610. The van der Waals surface area contributed by atoms with E-state index in [4.69, 9.17) is 0 Å². The summed E-state index contributed by atoms with van der Waals surface area (Å²) in [6.07, 6.45) is 4.46. The first-order valence-electron chi connectivity index (χ1n) is 2.60. The van der Waals surface area contributed by atoms with Crippen LogP contribution in [0.2, 0.25) is 0 Å². The minimum absolute atomic E-state index is 0. The maximum Gasteiger partial charge on any atom is 0.0777 e. The van der Waals surface area contributed by atoms with Crippen molar-refractivity contribution in [1.82, 2.24) is 9.55 Å². The van der Waals surface area contributed by atoms with Crippen molar-refractivity contribution in [1.29, 1.82) is 0 Å². The van der Waals surface area contributed by atoms with Crippen LogP contribution < -0.4 is 0 Å². The third-order valence-corrected chi connectivity index (χ3v) is 1.14. The molecule has 0 N–H and O–H groups in total. The van der Waals surface area contributed by atoms with Gasteiger partial charge in [-0.15, -0.1) is 6.42 Å². The molecule has 1 aromatic rings. The van der Waals surface area contributed by atoms with Crippen LogP contribution in [0.25, 0.3) is 0 Å². The van der Waals surface area contributed by atoms with Crippen molar-refractivity contribution in [2.75, 3.05) is 0 Å².